The molecule has 2 rings (SSSR count). The van der Waals surface area contributed by atoms with Gasteiger partial charge in [-0.2, -0.15) is 0 Å². The van der Waals surface area contributed by atoms with Crippen LogP contribution in [0.2, 0.25) is 0 Å². The lowest BCUT2D eigenvalue weighted by atomic mass is 10.2. The fourth-order valence-electron chi connectivity index (χ4n) is 2.09. The summed E-state index contributed by atoms with van der Waals surface area (Å²) in [7, 11) is 1.40. The molecule has 0 aliphatic rings. The zero-order chi connectivity index (χ0) is 17.7. The molecule has 8 heteroatoms. The maximum absolute atomic E-state index is 13.0. The number of carbonyl (C=O) groups is 1. The predicted molar refractivity (Wildman–Crippen MR) is 87.9 cm³/mol. The molecule has 0 fully saturated rings. The van der Waals surface area contributed by atoms with E-state index in [0.717, 1.165) is 0 Å². The molecule has 0 heterocycles. The van der Waals surface area contributed by atoms with Gasteiger partial charge in [0.1, 0.15) is 17.3 Å². The molecule has 2 aromatic rings. The molecule has 1 amide bonds. The van der Waals surface area contributed by atoms with E-state index in [4.69, 9.17) is 4.74 Å². The van der Waals surface area contributed by atoms with Crippen LogP contribution in [0.15, 0.2) is 36.4 Å². The minimum Gasteiger partial charge on any atom is -0.496 e. The van der Waals surface area contributed by atoms with Gasteiger partial charge in [0, 0.05) is 5.69 Å². The summed E-state index contributed by atoms with van der Waals surface area (Å²) in [5, 5.41) is 16.4. The first-order chi connectivity index (χ1) is 11.4. The molecule has 7 nitrogen and oxygen atoms in total. The van der Waals surface area contributed by atoms with Crippen molar-refractivity contribution in [2.45, 2.75) is 6.92 Å². The topological polar surface area (TPSA) is 93.5 Å². The molecule has 0 aliphatic heterocycles. The first-order valence-corrected chi connectivity index (χ1v) is 7.03. The Morgan fingerprint density at radius 2 is 1.96 bits per heavy atom. The smallest absolute Gasteiger partial charge is 0.296 e. The number of carbonyl (C=O) groups excluding carboxylic acids is 1. The van der Waals surface area contributed by atoms with Crippen molar-refractivity contribution in [2.24, 2.45) is 0 Å². The maximum atomic E-state index is 13.0. The summed E-state index contributed by atoms with van der Waals surface area (Å²) in [6.45, 7) is 1.59. The second-order valence-electron chi connectivity index (χ2n) is 5.00. The van der Waals surface area contributed by atoms with Crippen LogP contribution < -0.4 is 15.4 Å². The van der Waals surface area contributed by atoms with Crippen LogP contribution in [0.1, 0.15) is 5.56 Å². The van der Waals surface area contributed by atoms with Gasteiger partial charge in [-0.25, -0.2) is 4.39 Å². The van der Waals surface area contributed by atoms with Gasteiger partial charge < -0.3 is 15.4 Å². The second-order valence-corrected chi connectivity index (χ2v) is 5.00. The number of nitro groups is 1. The van der Waals surface area contributed by atoms with Gasteiger partial charge >= 0.3 is 0 Å². The Morgan fingerprint density at radius 3 is 2.58 bits per heavy atom. The van der Waals surface area contributed by atoms with E-state index < -0.39 is 10.8 Å². The van der Waals surface area contributed by atoms with Crippen molar-refractivity contribution in [1.29, 1.82) is 0 Å². The largest absolute Gasteiger partial charge is 0.496 e. The number of nitrogens with zero attached hydrogens (tertiary/aromatic N) is 1. The summed E-state index contributed by atoms with van der Waals surface area (Å²) >= 11 is 0. The molecular weight excluding hydrogens is 317 g/mol. The monoisotopic (exact) mass is 333 g/mol. The molecule has 0 saturated carbocycles. The summed E-state index contributed by atoms with van der Waals surface area (Å²) in [5.41, 5.74) is 1.07. The minimum atomic E-state index is -0.602. The van der Waals surface area contributed by atoms with Gasteiger partial charge in [-0.1, -0.05) is 0 Å². The number of nitrogens with one attached hydrogen (secondary N) is 2. The minimum absolute atomic E-state index is 0.0726. The van der Waals surface area contributed by atoms with Crippen molar-refractivity contribution in [3.05, 3.63) is 57.9 Å². The third-order valence-corrected chi connectivity index (χ3v) is 3.30. The molecule has 0 aromatic heterocycles. The van der Waals surface area contributed by atoms with E-state index in [0.29, 0.717) is 17.0 Å². The number of rotatable bonds is 6. The zero-order valence-electron chi connectivity index (χ0n) is 13.1. The number of methoxy groups -OCH3 is 1. The van der Waals surface area contributed by atoms with Crippen molar-refractivity contribution < 1.29 is 18.8 Å². The van der Waals surface area contributed by atoms with Crippen LogP contribution in [0.3, 0.4) is 0 Å². The van der Waals surface area contributed by atoms with Gasteiger partial charge in [0.15, 0.2) is 0 Å². The molecule has 2 aromatic carbocycles. The molecule has 24 heavy (non-hydrogen) atoms. The van der Waals surface area contributed by atoms with E-state index in [9.17, 15) is 19.3 Å². The molecule has 0 unspecified atom stereocenters. The lowest BCUT2D eigenvalue weighted by molar-refractivity contribution is -0.384. The van der Waals surface area contributed by atoms with Gasteiger partial charge in [0.05, 0.1) is 24.6 Å². The highest BCUT2D eigenvalue weighted by molar-refractivity contribution is 5.96. The van der Waals surface area contributed by atoms with E-state index in [1.54, 1.807) is 6.92 Å². The van der Waals surface area contributed by atoms with Crippen molar-refractivity contribution in [2.75, 3.05) is 24.3 Å². The average molecular weight is 333 g/mol. The Bertz CT molecular complexity index is 780. The van der Waals surface area contributed by atoms with E-state index >= 15 is 0 Å². The number of nitro benzene ring substituents is 1. The Hall–Kier alpha value is -3.16. The van der Waals surface area contributed by atoms with Gasteiger partial charge in [-0.15, -0.1) is 0 Å². The van der Waals surface area contributed by atoms with Crippen LogP contribution in [0.4, 0.5) is 21.5 Å². The summed E-state index contributed by atoms with van der Waals surface area (Å²) in [6.07, 6.45) is 0. The van der Waals surface area contributed by atoms with Crippen LogP contribution in [-0.2, 0) is 4.79 Å². The Morgan fingerprint density at radius 1 is 1.25 bits per heavy atom. The molecule has 0 aliphatic carbocycles. The number of hydrogen-bond acceptors (Lipinski definition) is 5. The van der Waals surface area contributed by atoms with E-state index in [-0.39, 0.29) is 23.7 Å². The van der Waals surface area contributed by atoms with Gasteiger partial charge in [-0.05, 0) is 42.8 Å². The lowest BCUT2D eigenvalue weighted by Gasteiger charge is -2.11. The van der Waals surface area contributed by atoms with E-state index in [1.807, 2.05) is 0 Å². The first-order valence-electron chi connectivity index (χ1n) is 7.03. The van der Waals surface area contributed by atoms with Crippen LogP contribution in [-0.4, -0.2) is 24.5 Å². The maximum Gasteiger partial charge on any atom is 0.296 e. The molecule has 0 spiro atoms. The summed E-state index contributed by atoms with van der Waals surface area (Å²) < 4.78 is 18.0. The zero-order valence-corrected chi connectivity index (χ0v) is 13.1. The number of amides is 1. The molecule has 2 N–H and O–H groups in total. The van der Waals surface area contributed by atoms with Gasteiger partial charge in [0.25, 0.3) is 5.69 Å². The first kappa shape index (κ1) is 17.2. The Balaban J connectivity index is 2.05. The molecule has 0 bridgehead atoms. The normalized spacial score (nSPS) is 10.1. The van der Waals surface area contributed by atoms with E-state index in [1.165, 1.54) is 43.5 Å². The van der Waals surface area contributed by atoms with Crippen molar-refractivity contribution in [1.82, 2.24) is 0 Å². The van der Waals surface area contributed by atoms with Crippen molar-refractivity contribution >= 4 is 23.0 Å². The number of hydrogen-bond donors (Lipinski definition) is 2. The molecular formula is C16H16FN3O4. The fourth-order valence-corrected chi connectivity index (χ4v) is 2.09. The Labute approximate surface area is 137 Å². The van der Waals surface area contributed by atoms with Crippen LogP contribution in [0.5, 0.6) is 5.75 Å². The van der Waals surface area contributed by atoms with E-state index in [2.05, 4.69) is 10.6 Å². The highest BCUT2D eigenvalue weighted by Gasteiger charge is 2.17. The third-order valence-electron chi connectivity index (χ3n) is 3.30. The molecule has 0 atom stereocenters. The SMILES string of the molecule is COc1ccc(NC(=O)CNc2ccc(F)cc2C)c([N+](=O)[O-])c1. The summed E-state index contributed by atoms with van der Waals surface area (Å²) in [5.74, 6) is -0.511. The van der Waals surface area contributed by atoms with Gasteiger partial charge in [-0.3, -0.25) is 14.9 Å². The highest BCUT2D eigenvalue weighted by atomic mass is 19.1. The quantitative estimate of drug-likeness (QED) is 0.626. The summed E-state index contributed by atoms with van der Waals surface area (Å²) in [4.78, 5) is 22.5. The van der Waals surface area contributed by atoms with Gasteiger partial charge in [0.2, 0.25) is 5.91 Å². The number of benzene rings is 2. The second kappa shape index (κ2) is 7.40. The third kappa shape index (κ3) is 4.19. The van der Waals surface area contributed by atoms with Crippen LogP contribution in [0, 0.1) is 22.9 Å². The van der Waals surface area contributed by atoms with Crippen molar-refractivity contribution in [3.8, 4) is 5.75 Å². The molecule has 126 valence electrons. The number of aryl methyl sites for hydroxylation is 1. The summed E-state index contributed by atoms with van der Waals surface area (Å²) in [6, 6.07) is 8.29. The predicted octanol–water partition coefficient (Wildman–Crippen LogP) is 3.10. The number of anilines is 2. The van der Waals surface area contributed by atoms with Crippen LogP contribution >= 0.6 is 0 Å². The number of ether oxygens (including phenoxy) is 1. The van der Waals surface area contributed by atoms with Crippen LogP contribution in [0.25, 0.3) is 0 Å². The van der Waals surface area contributed by atoms with Crippen molar-refractivity contribution in [3.63, 3.8) is 0 Å². The number of halogens is 1. The standard InChI is InChI=1S/C16H16FN3O4/c1-10-7-11(17)3-5-13(10)18-9-16(21)19-14-6-4-12(24-2)8-15(14)20(22)23/h3-8,18H,9H2,1-2H3,(H,19,21). The fraction of sp³-hybridized carbons (Fsp3) is 0.188. The molecule has 0 radical (unpaired) electrons. The lowest BCUT2D eigenvalue weighted by Crippen LogP contribution is -2.22. The molecule has 0 saturated heterocycles. The Kier molecular flexibility index (Phi) is 5.31. The average Bonchev–Trinajstić information content (AvgIpc) is 2.54. The highest BCUT2D eigenvalue weighted by Crippen LogP contribution is 2.28.